The Kier molecular flexibility index (Phi) is 10.00. The fraction of sp³-hybridized carbons (Fsp3) is 0.216. The van der Waals surface area contributed by atoms with E-state index in [9.17, 15) is 4.79 Å². The molecule has 46 heavy (non-hydrogen) atoms. The second-order valence-corrected chi connectivity index (χ2v) is 12.0. The molecule has 0 saturated heterocycles. The SMILES string of the molecule is COc1cc(OCc2ccccc2)c2cc(C(CBr)C(=O)C(CBr)c3cc4c(OCc5ccccc5)cc(OC)cc4o3)oc2c1. The monoisotopic (exact) mass is 746 g/mol. The van der Waals surface area contributed by atoms with E-state index in [0.29, 0.717) is 69.6 Å². The van der Waals surface area contributed by atoms with Crippen LogP contribution in [0.25, 0.3) is 21.9 Å². The highest BCUT2D eigenvalue weighted by atomic mass is 79.9. The lowest BCUT2D eigenvalue weighted by molar-refractivity contribution is -0.121. The van der Waals surface area contributed by atoms with Crippen LogP contribution in [0.4, 0.5) is 0 Å². The molecule has 6 aromatic rings. The lowest BCUT2D eigenvalue weighted by atomic mass is 9.91. The molecule has 7 nitrogen and oxygen atoms in total. The number of carbonyl (C=O) groups is 1. The molecule has 0 bridgehead atoms. The number of furan rings is 2. The van der Waals surface area contributed by atoms with Gasteiger partial charge in [0.1, 0.15) is 58.9 Å². The van der Waals surface area contributed by atoms with Crippen molar-refractivity contribution >= 4 is 59.6 Å². The summed E-state index contributed by atoms with van der Waals surface area (Å²) in [5.74, 6) is 2.19. The Morgan fingerprint density at radius 2 is 1.04 bits per heavy atom. The summed E-state index contributed by atoms with van der Waals surface area (Å²) in [5, 5.41) is 2.23. The molecule has 4 aromatic carbocycles. The van der Waals surface area contributed by atoms with Crippen LogP contribution in [-0.4, -0.2) is 30.7 Å². The van der Waals surface area contributed by atoms with Gasteiger partial charge in [-0.1, -0.05) is 92.5 Å². The molecule has 0 aliphatic rings. The average molecular weight is 748 g/mol. The maximum Gasteiger partial charge on any atom is 0.155 e. The number of ketones is 1. The summed E-state index contributed by atoms with van der Waals surface area (Å²) in [6.45, 7) is 0.758. The predicted octanol–water partition coefficient (Wildman–Crippen LogP) is 9.58. The number of Topliss-reactive ketones (excluding diaryl/α,β-unsaturated/α-hetero) is 1. The van der Waals surface area contributed by atoms with E-state index < -0.39 is 11.8 Å². The van der Waals surface area contributed by atoms with Gasteiger partial charge >= 0.3 is 0 Å². The smallest absolute Gasteiger partial charge is 0.155 e. The van der Waals surface area contributed by atoms with Crippen LogP contribution in [0.5, 0.6) is 23.0 Å². The molecular formula is C37H32Br2O7. The first-order valence-electron chi connectivity index (χ1n) is 14.7. The zero-order chi connectivity index (χ0) is 32.0. The number of methoxy groups -OCH3 is 2. The van der Waals surface area contributed by atoms with Crippen molar-refractivity contribution in [2.45, 2.75) is 25.0 Å². The van der Waals surface area contributed by atoms with Crippen LogP contribution in [0.2, 0.25) is 0 Å². The van der Waals surface area contributed by atoms with Gasteiger partial charge in [0, 0.05) is 34.9 Å². The largest absolute Gasteiger partial charge is 0.496 e. The summed E-state index contributed by atoms with van der Waals surface area (Å²) in [6.07, 6.45) is 0. The predicted molar refractivity (Wildman–Crippen MR) is 185 cm³/mol. The number of carbonyl (C=O) groups excluding carboxylic acids is 1. The van der Waals surface area contributed by atoms with Gasteiger partial charge in [-0.25, -0.2) is 0 Å². The van der Waals surface area contributed by atoms with Crippen molar-refractivity contribution in [2.24, 2.45) is 0 Å². The van der Waals surface area contributed by atoms with E-state index in [1.807, 2.05) is 84.9 Å². The second kappa shape index (κ2) is 14.5. The molecule has 0 N–H and O–H groups in total. The third-order valence-electron chi connectivity index (χ3n) is 7.81. The lowest BCUT2D eigenvalue weighted by Gasteiger charge is -2.16. The first-order chi connectivity index (χ1) is 22.5. The highest BCUT2D eigenvalue weighted by molar-refractivity contribution is 9.09. The molecule has 2 aromatic heterocycles. The topological polar surface area (TPSA) is 80.3 Å². The molecule has 236 valence electrons. The zero-order valence-electron chi connectivity index (χ0n) is 25.3. The summed E-state index contributed by atoms with van der Waals surface area (Å²) in [5.41, 5.74) is 3.21. The normalized spacial score (nSPS) is 12.6. The average Bonchev–Trinajstić information content (AvgIpc) is 3.72. The molecular weight excluding hydrogens is 716 g/mol. The third-order valence-corrected chi connectivity index (χ3v) is 9.11. The zero-order valence-corrected chi connectivity index (χ0v) is 28.5. The van der Waals surface area contributed by atoms with Crippen molar-refractivity contribution in [3.8, 4) is 23.0 Å². The molecule has 0 amide bonds. The molecule has 0 aliphatic carbocycles. The minimum atomic E-state index is -0.598. The minimum absolute atomic E-state index is 0.0655. The lowest BCUT2D eigenvalue weighted by Crippen LogP contribution is -2.22. The minimum Gasteiger partial charge on any atom is -0.496 e. The van der Waals surface area contributed by atoms with Gasteiger partial charge in [0.25, 0.3) is 0 Å². The van der Waals surface area contributed by atoms with Crippen LogP contribution in [-0.2, 0) is 18.0 Å². The number of ether oxygens (including phenoxy) is 4. The molecule has 0 spiro atoms. The number of alkyl halides is 2. The standard InChI is InChI=1S/C37H32Br2O7/c1-41-25-13-31(43-21-23-9-5-3-6-10-23)27-17-35(45-33(27)15-25)29(19-38)37(40)30(20-39)36-18-28-32(14-26(42-2)16-34(28)46-36)44-22-24-11-7-4-8-12-24/h3-18,29-30H,19-22H2,1-2H3. The highest BCUT2D eigenvalue weighted by Crippen LogP contribution is 2.41. The van der Waals surface area contributed by atoms with Gasteiger partial charge < -0.3 is 27.8 Å². The highest BCUT2D eigenvalue weighted by Gasteiger charge is 2.33. The van der Waals surface area contributed by atoms with Crippen LogP contribution in [0.3, 0.4) is 0 Å². The molecule has 2 heterocycles. The van der Waals surface area contributed by atoms with Gasteiger partial charge in [-0.3, -0.25) is 4.79 Å². The Labute approximate surface area is 283 Å². The number of hydrogen-bond acceptors (Lipinski definition) is 7. The van der Waals surface area contributed by atoms with E-state index >= 15 is 0 Å². The van der Waals surface area contributed by atoms with Crippen LogP contribution < -0.4 is 18.9 Å². The number of rotatable bonds is 14. The number of fused-ring (bicyclic) bond motifs is 2. The van der Waals surface area contributed by atoms with Gasteiger partial charge in [-0.05, 0) is 23.3 Å². The summed E-state index contributed by atoms with van der Waals surface area (Å²) >= 11 is 7.15. The molecule has 0 saturated carbocycles. The molecule has 2 unspecified atom stereocenters. The second-order valence-electron chi connectivity index (χ2n) is 10.7. The quantitative estimate of drug-likeness (QED) is 0.103. The maximum atomic E-state index is 14.2. The van der Waals surface area contributed by atoms with Crippen molar-refractivity contribution in [3.63, 3.8) is 0 Å². The van der Waals surface area contributed by atoms with E-state index in [0.717, 1.165) is 21.9 Å². The van der Waals surface area contributed by atoms with E-state index in [4.69, 9.17) is 27.8 Å². The van der Waals surface area contributed by atoms with Crippen molar-refractivity contribution in [1.82, 2.24) is 0 Å². The van der Waals surface area contributed by atoms with Gasteiger partial charge in [0.05, 0.1) is 36.8 Å². The van der Waals surface area contributed by atoms with Gasteiger partial charge in [-0.15, -0.1) is 0 Å². The van der Waals surface area contributed by atoms with E-state index in [1.54, 1.807) is 26.4 Å². The summed E-state index contributed by atoms with van der Waals surface area (Å²) in [7, 11) is 3.19. The van der Waals surface area contributed by atoms with Crippen LogP contribution in [0.1, 0.15) is 34.5 Å². The van der Waals surface area contributed by atoms with E-state index in [1.165, 1.54) is 0 Å². The fourth-order valence-corrected chi connectivity index (χ4v) is 6.60. The Bertz CT molecular complexity index is 1790. The van der Waals surface area contributed by atoms with Crippen LogP contribution in [0.15, 0.2) is 106 Å². The van der Waals surface area contributed by atoms with Crippen molar-refractivity contribution in [2.75, 3.05) is 24.9 Å². The van der Waals surface area contributed by atoms with Crippen LogP contribution >= 0.6 is 31.9 Å². The molecule has 0 fully saturated rings. The molecule has 0 aliphatic heterocycles. The van der Waals surface area contributed by atoms with E-state index in [-0.39, 0.29) is 5.78 Å². The first-order valence-corrected chi connectivity index (χ1v) is 17.0. The number of benzene rings is 4. The Morgan fingerprint density at radius 1 is 0.630 bits per heavy atom. The van der Waals surface area contributed by atoms with Gasteiger partial charge in [0.15, 0.2) is 5.78 Å². The van der Waals surface area contributed by atoms with Gasteiger partial charge in [0.2, 0.25) is 0 Å². The van der Waals surface area contributed by atoms with Gasteiger partial charge in [-0.2, -0.15) is 0 Å². The van der Waals surface area contributed by atoms with Crippen molar-refractivity contribution in [3.05, 3.63) is 120 Å². The summed E-state index contributed by atoms with van der Waals surface area (Å²) in [6, 6.07) is 30.9. The Balaban J connectivity index is 1.30. The van der Waals surface area contributed by atoms with Crippen molar-refractivity contribution in [1.29, 1.82) is 0 Å². The summed E-state index contributed by atoms with van der Waals surface area (Å²) in [4.78, 5) is 14.2. The third kappa shape index (κ3) is 6.81. The first kappa shape index (κ1) is 31.8. The molecule has 6 rings (SSSR count). The van der Waals surface area contributed by atoms with Crippen molar-refractivity contribution < 1.29 is 32.6 Å². The summed E-state index contributed by atoms with van der Waals surface area (Å²) < 4.78 is 36.0. The Hall–Kier alpha value is -4.21. The molecule has 2 atom stereocenters. The van der Waals surface area contributed by atoms with E-state index in [2.05, 4.69) is 31.9 Å². The molecule has 9 heteroatoms. The number of halogens is 2. The molecule has 0 radical (unpaired) electrons. The van der Waals surface area contributed by atoms with Crippen LogP contribution in [0, 0.1) is 0 Å². The maximum absolute atomic E-state index is 14.2. The fourth-order valence-electron chi connectivity index (χ4n) is 5.32. The Morgan fingerprint density at radius 3 is 1.41 bits per heavy atom. The number of hydrogen-bond donors (Lipinski definition) is 0.